The lowest BCUT2D eigenvalue weighted by Gasteiger charge is -2.36. The minimum atomic E-state index is -0.132. The van der Waals surface area contributed by atoms with Crippen molar-refractivity contribution >= 4 is 0 Å². The highest BCUT2D eigenvalue weighted by molar-refractivity contribution is 5.17. The largest absolute Gasteiger partial charge is 0.393 e. The van der Waals surface area contributed by atoms with Crippen LogP contribution in [0, 0.1) is 0 Å². The van der Waals surface area contributed by atoms with Crippen molar-refractivity contribution in [2.24, 2.45) is 0 Å². The average Bonchev–Trinajstić information content (AvgIpc) is 2.56. The summed E-state index contributed by atoms with van der Waals surface area (Å²) in [5.41, 5.74) is 2.69. The molecule has 1 N–H and O–H groups in total. The van der Waals surface area contributed by atoms with Gasteiger partial charge in [0.05, 0.1) is 6.10 Å². The van der Waals surface area contributed by atoms with Crippen LogP contribution in [0.2, 0.25) is 0 Å². The summed E-state index contributed by atoms with van der Waals surface area (Å²) in [5, 5.41) is 10.0. The highest BCUT2D eigenvalue weighted by Crippen LogP contribution is 2.26. The smallest absolute Gasteiger partial charge is 0.0555 e. The molecular weight excluding hydrogens is 270 g/mol. The number of aliphatic hydroxyl groups is 1. The summed E-state index contributed by atoms with van der Waals surface area (Å²) >= 11 is 0. The van der Waals surface area contributed by atoms with Crippen molar-refractivity contribution in [3.05, 3.63) is 71.8 Å². The van der Waals surface area contributed by atoms with Crippen LogP contribution >= 0.6 is 0 Å². The molecule has 0 saturated heterocycles. The van der Waals surface area contributed by atoms with E-state index in [2.05, 4.69) is 65.6 Å². The second-order valence-corrected chi connectivity index (χ2v) is 6.35. The summed E-state index contributed by atoms with van der Waals surface area (Å²) in [4.78, 5) is 2.53. The maximum absolute atomic E-state index is 10.0. The van der Waals surface area contributed by atoms with Gasteiger partial charge < -0.3 is 5.11 Å². The number of nitrogens with zero attached hydrogens (tertiary/aromatic N) is 1. The fourth-order valence-corrected chi connectivity index (χ4v) is 3.42. The molecule has 2 nitrogen and oxygen atoms in total. The van der Waals surface area contributed by atoms with E-state index in [4.69, 9.17) is 0 Å². The zero-order valence-electron chi connectivity index (χ0n) is 13.1. The van der Waals surface area contributed by atoms with Gasteiger partial charge in [-0.25, -0.2) is 0 Å². The average molecular weight is 295 g/mol. The minimum absolute atomic E-state index is 0.132. The molecule has 1 saturated carbocycles. The van der Waals surface area contributed by atoms with Crippen LogP contribution in [0.5, 0.6) is 0 Å². The van der Waals surface area contributed by atoms with Crippen molar-refractivity contribution in [2.75, 3.05) is 0 Å². The molecule has 2 atom stereocenters. The van der Waals surface area contributed by atoms with Crippen LogP contribution in [0.3, 0.4) is 0 Å². The third-order valence-corrected chi connectivity index (χ3v) is 4.59. The lowest BCUT2D eigenvalue weighted by Crippen LogP contribution is -2.39. The van der Waals surface area contributed by atoms with E-state index >= 15 is 0 Å². The highest BCUT2D eigenvalue weighted by atomic mass is 16.3. The molecule has 0 aliphatic heterocycles. The molecule has 2 heteroatoms. The summed E-state index contributed by atoms with van der Waals surface area (Å²) in [7, 11) is 0. The predicted octanol–water partition coefficient (Wildman–Crippen LogP) is 3.99. The first kappa shape index (κ1) is 15.3. The molecule has 1 fully saturated rings. The Bertz CT molecular complexity index is 513. The molecule has 0 aromatic heterocycles. The van der Waals surface area contributed by atoms with Gasteiger partial charge in [0.15, 0.2) is 0 Å². The molecular formula is C20H25NO. The second kappa shape index (κ2) is 7.57. The van der Waals surface area contributed by atoms with Crippen LogP contribution in [-0.2, 0) is 13.1 Å². The molecule has 0 amide bonds. The van der Waals surface area contributed by atoms with Gasteiger partial charge in [0.25, 0.3) is 0 Å². The van der Waals surface area contributed by atoms with Crippen LogP contribution in [0.1, 0.15) is 36.8 Å². The van der Waals surface area contributed by atoms with E-state index < -0.39 is 0 Å². The van der Waals surface area contributed by atoms with E-state index in [0.717, 1.165) is 32.4 Å². The topological polar surface area (TPSA) is 23.5 Å². The van der Waals surface area contributed by atoms with Crippen molar-refractivity contribution in [3.8, 4) is 0 Å². The van der Waals surface area contributed by atoms with Gasteiger partial charge in [0.2, 0.25) is 0 Å². The molecule has 0 heterocycles. The number of benzene rings is 2. The summed E-state index contributed by atoms with van der Waals surface area (Å²) in [5.74, 6) is 0. The van der Waals surface area contributed by atoms with Gasteiger partial charge in [-0.15, -0.1) is 0 Å². The Hall–Kier alpha value is -1.64. The molecule has 0 unspecified atom stereocenters. The van der Waals surface area contributed by atoms with Crippen molar-refractivity contribution in [1.29, 1.82) is 0 Å². The van der Waals surface area contributed by atoms with Gasteiger partial charge in [0, 0.05) is 19.1 Å². The zero-order valence-corrected chi connectivity index (χ0v) is 13.1. The summed E-state index contributed by atoms with van der Waals surface area (Å²) < 4.78 is 0. The number of hydrogen-bond donors (Lipinski definition) is 1. The Morgan fingerprint density at radius 2 is 1.36 bits per heavy atom. The van der Waals surface area contributed by atoms with Crippen LogP contribution < -0.4 is 0 Å². The van der Waals surface area contributed by atoms with Gasteiger partial charge in [0.1, 0.15) is 0 Å². The molecule has 0 bridgehead atoms. The SMILES string of the molecule is O[C@@H]1CCC[C@@H](N(Cc2ccccc2)Cc2ccccc2)C1. The second-order valence-electron chi connectivity index (χ2n) is 6.35. The highest BCUT2D eigenvalue weighted by Gasteiger charge is 2.25. The molecule has 116 valence electrons. The Balaban J connectivity index is 1.75. The lowest BCUT2D eigenvalue weighted by atomic mass is 9.91. The lowest BCUT2D eigenvalue weighted by molar-refractivity contribution is 0.0542. The third-order valence-electron chi connectivity index (χ3n) is 4.59. The zero-order chi connectivity index (χ0) is 15.2. The Labute approximate surface area is 133 Å². The Morgan fingerprint density at radius 1 is 0.818 bits per heavy atom. The van der Waals surface area contributed by atoms with Gasteiger partial charge in [-0.05, 0) is 36.8 Å². The van der Waals surface area contributed by atoms with E-state index in [1.165, 1.54) is 17.5 Å². The van der Waals surface area contributed by atoms with Crippen LogP contribution in [0.15, 0.2) is 60.7 Å². The van der Waals surface area contributed by atoms with E-state index in [1.807, 2.05) is 0 Å². The molecule has 22 heavy (non-hydrogen) atoms. The quantitative estimate of drug-likeness (QED) is 0.901. The molecule has 1 aliphatic carbocycles. The fourth-order valence-electron chi connectivity index (χ4n) is 3.42. The standard InChI is InChI=1S/C20H25NO/c22-20-13-7-12-19(14-20)21(15-17-8-3-1-4-9-17)16-18-10-5-2-6-11-18/h1-6,8-11,19-20,22H,7,12-16H2/t19-,20-/m1/s1. The molecule has 0 radical (unpaired) electrons. The Morgan fingerprint density at radius 3 is 1.86 bits per heavy atom. The summed E-state index contributed by atoms with van der Waals surface area (Å²) in [6.07, 6.45) is 4.05. The van der Waals surface area contributed by atoms with E-state index in [0.29, 0.717) is 6.04 Å². The van der Waals surface area contributed by atoms with Crippen molar-refractivity contribution in [2.45, 2.75) is 50.9 Å². The normalized spacial score (nSPS) is 21.9. The van der Waals surface area contributed by atoms with Gasteiger partial charge in [-0.3, -0.25) is 4.90 Å². The monoisotopic (exact) mass is 295 g/mol. The summed E-state index contributed by atoms with van der Waals surface area (Å²) in [6, 6.07) is 21.8. The van der Waals surface area contributed by atoms with Crippen molar-refractivity contribution < 1.29 is 5.11 Å². The van der Waals surface area contributed by atoms with Crippen LogP contribution in [0.25, 0.3) is 0 Å². The maximum Gasteiger partial charge on any atom is 0.0555 e. The van der Waals surface area contributed by atoms with Crippen molar-refractivity contribution in [3.63, 3.8) is 0 Å². The van der Waals surface area contributed by atoms with Gasteiger partial charge in [-0.2, -0.15) is 0 Å². The Kier molecular flexibility index (Phi) is 5.25. The first-order valence-corrected chi connectivity index (χ1v) is 8.31. The molecule has 3 rings (SSSR count). The van der Waals surface area contributed by atoms with Crippen molar-refractivity contribution in [1.82, 2.24) is 4.90 Å². The fraction of sp³-hybridized carbons (Fsp3) is 0.400. The van der Waals surface area contributed by atoms with Crippen LogP contribution in [0.4, 0.5) is 0 Å². The first-order chi connectivity index (χ1) is 10.8. The summed E-state index contributed by atoms with van der Waals surface area (Å²) in [6.45, 7) is 1.90. The molecule has 1 aliphatic rings. The third kappa shape index (κ3) is 4.19. The van der Waals surface area contributed by atoms with Crippen LogP contribution in [-0.4, -0.2) is 22.2 Å². The van der Waals surface area contributed by atoms with Gasteiger partial charge >= 0.3 is 0 Å². The van der Waals surface area contributed by atoms with E-state index in [1.54, 1.807) is 0 Å². The molecule has 0 spiro atoms. The molecule has 2 aromatic rings. The number of aliphatic hydroxyl groups excluding tert-OH is 1. The number of rotatable bonds is 5. The molecule has 2 aromatic carbocycles. The minimum Gasteiger partial charge on any atom is -0.393 e. The van der Waals surface area contributed by atoms with Gasteiger partial charge in [-0.1, -0.05) is 60.7 Å². The van der Waals surface area contributed by atoms with E-state index in [9.17, 15) is 5.11 Å². The first-order valence-electron chi connectivity index (χ1n) is 8.31. The number of hydrogen-bond acceptors (Lipinski definition) is 2. The van der Waals surface area contributed by atoms with E-state index in [-0.39, 0.29) is 6.10 Å². The predicted molar refractivity (Wildman–Crippen MR) is 90.4 cm³/mol. The maximum atomic E-state index is 10.0.